The molecule has 0 spiro atoms. The maximum atomic E-state index is 12.0. The molecule has 0 aromatic rings. The van der Waals surface area contributed by atoms with Crippen LogP contribution in [0, 0.1) is 0 Å². The Bertz CT molecular complexity index is 213. The summed E-state index contributed by atoms with van der Waals surface area (Å²) >= 11 is 0. The molecular formula is C3HF10P. The van der Waals surface area contributed by atoms with E-state index in [1.807, 2.05) is 0 Å². The van der Waals surface area contributed by atoms with Gasteiger partial charge in [0.05, 0.1) is 0 Å². The predicted molar refractivity (Wildman–Crippen MR) is 27.3 cm³/mol. The normalized spacial score (nSPS) is 21.5. The van der Waals surface area contributed by atoms with Gasteiger partial charge in [0.25, 0.3) is 0 Å². The van der Waals surface area contributed by atoms with E-state index in [0.717, 1.165) is 0 Å². The number of hydrogen-bond donors (Lipinski definition) is 0. The van der Waals surface area contributed by atoms with Crippen molar-refractivity contribution in [2.24, 2.45) is 0 Å². The van der Waals surface area contributed by atoms with Crippen LogP contribution in [0.1, 0.15) is 0 Å². The molecule has 0 amide bonds. The van der Waals surface area contributed by atoms with Gasteiger partial charge in [0.2, 0.25) is 0 Å². The van der Waals surface area contributed by atoms with Gasteiger partial charge < -0.3 is 0 Å². The Morgan fingerprint density at radius 2 is 1.07 bits per heavy atom. The standard InChI is InChI=1S/C3HF10P/c4-1(5)2(6,3(7,8)9)14(10,11,12)13/h1H. The van der Waals surface area contributed by atoms with E-state index in [1.54, 1.807) is 0 Å². The summed E-state index contributed by atoms with van der Waals surface area (Å²) in [7, 11) is -10.1. The van der Waals surface area contributed by atoms with Crippen molar-refractivity contribution in [3.63, 3.8) is 0 Å². The Morgan fingerprint density at radius 3 is 1.07 bits per heavy atom. The topological polar surface area (TPSA) is 0 Å². The fourth-order valence-corrected chi connectivity index (χ4v) is 1.14. The fourth-order valence-electron chi connectivity index (χ4n) is 0.463. The first-order valence-electron chi connectivity index (χ1n) is 2.63. The molecule has 11 heteroatoms. The minimum atomic E-state index is -10.1. The molecule has 0 heterocycles. The minimum absolute atomic E-state index is 5.55. The molecule has 0 rings (SSSR count). The molecule has 88 valence electrons. The van der Waals surface area contributed by atoms with Crippen molar-refractivity contribution in [2.75, 3.05) is 0 Å². The van der Waals surface area contributed by atoms with E-state index in [1.165, 1.54) is 0 Å². The summed E-state index contributed by atoms with van der Waals surface area (Å²) in [4.78, 5) is 0. The fraction of sp³-hybridized carbons (Fsp3) is 1.00. The van der Waals surface area contributed by atoms with Crippen LogP contribution in [0.3, 0.4) is 0 Å². The molecule has 0 aliphatic rings. The van der Waals surface area contributed by atoms with Crippen LogP contribution in [0.5, 0.6) is 0 Å². The van der Waals surface area contributed by atoms with Crippen molar-refractivity contribution in [1.82, 2.24) is 0 Å². The van der Waals surface area contributed by atoms with Crippen molar-refractivity contribution in [3.8, 4) is 0 Å². The number of rotatable bonds is 2. The molecule has 0 fully saturated rings. The van der Waals surface area contributed by atoms with Gasteiger partial charge in [0.15, 0.2) is 0 Å². The number of hydrogen-bond acceptors (Lipinski definition) is 0. The van der Waals surface area contributed by atoms with Crippen LogP contribution in [0.25, 0.3) is 0 Å². The third-order valence-corrected chi connectivity index (χ3v) is 2.61. The summed E-state index contributed by atoms with van der Waals surface area (Å²) in [5, 5.41) is -7.06. The van der Waals surface area contributed by atoms with E-state index in [4.69, 9.17) is 0 Å². The van der Waals surface area contributed by atoms with Gasteiger partial charge in [-0.2, -0.15) is 0 Å². The molecule has 0 saturated carbocycles. The van der Waals surface area contributed by atoms with E-state index in [-0.39, 0.29) is 0 Å². The van der Waals surface area contributed by atoms with Crippen molar-refractivity contribution < 1.29 is 43.1 Å². The average Bonchev–Trinajstić information content (AvgIpc) is 1.78. The zero-order chi connectivity index (χ0) is 12.0. The zero-order valence-electron chi connectivity index (χ0n) is 5.80. The molecule has 0 aromatic heterocycles. The first kappa shape index (κ1) is 13.7. The van der Waals surface area contributed by atoms with Gasteiger partial charge in [0.1, 0.15) is 0 Å². The van der Waals surface area contributed by atoms with Crippen LogP contribution in [0.4, 0.5) is 43.1 Å². The second-order valence-corrected chi connectivity index (χ2v) is 4.29. The molecule has 1 atom stereocenters. The Labute approximate surface area is 70.3 Å². The summed E-state index contributed by atoms with van der Waals surface area (Å²) in [6, 6.07) is 0. The Hall–Kier alpha value is -0.270. The molecule has 0 N–H and O–H groups in total. The molecule has 0 bridgehead atoms. The van der Waals surface area contributed by atoms with Gasteiger partial charge in [-0.15, -0.1) is 0 Å². The summed E-state index contributed by atoms with van der Waals surface area (Å²) < 4.78 is 114. The van der Waals surface area contributed by atoms with E-state index in [0.29, 0.717) is 0 Å². The van der Waals surface area contributed by atoms with E-state index in [2.05, 4.69) is 0 Å². The van der Waals surface area contributed by atoms with Crippen LogP contribution in [0.2, 0.25) is 0 Å². The number of halogens is 10. The van der Waals surface area contributed by atoms with Gasteiger partial charge in [-0.1, -0.05) is 0 Å². The van der Waals surface area contributed by atoms with Crippen LogP contribution in [-0.4, -0.2) is 18.0 Å². The Balaban J connectivity index is 5.60. The third kappa shape index (κ3) is 1.89. The first-order valence-corrected chi connectivity index (χ1v) is 4.43. The quantitative estimate of drug-likeness (QED) is 0.502. The van der Waals surface area contributed by atoms with Crippen molar-refractivity contribution in [2.45, 2.75) is 18.0 Å². The van der Waals surface area contributed by atoms with Crippen LogP contribution in [0.15, 0.2) is 0 Å². The molecule has 0 radical (unpaired) electrons. The van der Waals surface area contributed by atoms with E-state index in [9.17, 15) is 43.1 Å². The SMILES string of the molecule is FC(F)C(F)(C(F)(F)F)P(F)(F)(F)F. The van der Waals surface area contributed by atoms with E-state index >= 15 is 0 Å². The van der Waals surface area contributed by atoms with Crippen LogP contribution in [-0.2, 0) is 0 Å². The molecule has 0 aromatic carbocycles. The summed E-state index contributed by atoms with van der Waals surface area (Å²) in [6.45, 7) is 0. The van der Waals surface area contributed by atoms with Gasteiger partial charge in [0, 0.05) is 0 Å². The Morgan fingerprint density at radius 1 is 0.786 bits per heavy atom. The van der Waals surface area contributed by atoms with Crippen molar-refractivity contribution >= 4 is 7.85 Å². The molecular weight excluding hydrogens is 257 g/mol. The second-order valence-electron chi connectivity index (χ2n) is 2.19. The van der Waals surface area contributed by atoms with Crippen LogP contribution >= 0.6 is 7.85 Å². The third-order valence-electron chi connectivity index (χ3n) is 1.18. The van der Waals surface area contributed by atoms with E-state index < -0.39 is 25.9 Å². The van der Waals surface area contributed by atoms with Gasteiger partial charge in [-0.05, 0) is 0 Å². The van der Waals surface area contributed by atoms with Gasteiger partial charge >= 0.3 is 69.0 Å². The molecule has 0 saturated heterocycles. The molecule has 14 heavy (non-hydrogen) atoms. The summed E-state index contributed by atoms with van der Waals surface area (Å²) in [6.07, 6.45) is -12.6. The molecule has 0 nitrogen and oxygen atoms in total. The van der Waals surface area contributed by atoms with Crippen LogP contribution < -0.4 is 0 Å². The molecule has 0 aliphatic heterocycles. The monoisotopic (exact) mass is 258 g/mol. The van der Waals surface area contributed by atoms with Gasteiger partial charge in [-0.25, -0.2) is 0 Å². The number of alkyl halides is 6. The molecule has 0 aliphatic carbocycles. The average molecular weight is 258 g/mol. The Kier molecular flexibility index (Phi) is 2.81. The van der Waals surface area contributed by atoms with Crippen molar-refractivity contribution in [3.05, 3.63) is 0 Å². The molecule has 1 unspecified atom stereocenters. The second kappa shape index (κ2) is 2.86. The summed E-state index contributed by atoms with van der Waals surface area (Å²) in [5.74, 6) is 0. The van der Waals surface area contributed by atoms with Gasteiger partial charge in [-0.3, -0.25) is 0 Å². The van der Waals surface area contributed by atoms with Crippen molar-refractivity contribution in [1.29, 1.82) is 0 Å². The zero-order valence-corrected chi connectivity index (χ0v) is 6.70. The summed E-state index contributed by atoms with van der Waals surface area (Å²) in [5.41, 5.74) is 0. The first-order chi connectivity index (χ1) is 5.71. The maximum absolute atomic E-state index is 12.0. The predicted octanol–water partition coefficient (Wildman–Crippen LogP) is 4.57.